The smallest absolute Gasteiger partial charge is 0.358 e. The van der Waals surface area contributed by atoms with E-state index in [1.807, 2.05) is 6.92 Å². The minimum atomic E-state index is -0.597. The Hall–Kier alpha value is -3.21. The topological polar surface area (TPSA) is 130 Å². The van der Waals surface area contributed by atoms with Gasteiger partial charge in [-0.3, -0.25) is 10.1 Å². The van der Waals surface area contributed by atoms with Gasteiger partial charge in [0.15, 0.2) is 11.6 Å². The van der Waals surface area contributed by atoms with Gasteiger partial charge in [0.2, 0.25) is 0 Å². The number of aryl methyl sites for hydroxylation is 1. The van der Waals surface area contributed by atoms with E-state index in [-0.39, 0.29) is 16.0 Å². The molecule has 0 saturated carbocycles. The van der Waals surface area contributed by atoms with Crippen LogP contribution in [0.1, 0.15) is 12.6 Å². The lowest BCUT2D eigenvalue weighted by Gasteiger charge is -2.05. The van der Waals surface area contributed by atoms with Gasteiger partial charge in [0, 0.05) is 29.5 Å². The van der Waals surface area contributed by atoms with Crippen LogP contribution in [0, 0.1) is 20.2 Å². The number of nitro benzene ring substituents is 1. The molecule has 2 heterocycles. The molecule has 26 heavy (non-hydrogen) atoms. The number of nitrogens with zero attached hydrogens (tertiary/aromatic N) is 6. The Morgan fingerprint density at radius 1 is 1.12 bits per heavy atom. The first-order valence-electron chi connectivity index (χ1n) is 7.41. The number of hydrogen-bond donors (Lipinski definition) is 0. The van der Waals surface area contributed by atoms with Crippen molar-refractivity contribution in [2.45, 2.75) is 13.3 Å². The van der Waals surface area contributed by atoms with Gasteiger partial charge in [0.05, 0.1) is 16.2 Å². The molecule has 0 N–H and O–H groups in total. The van der Waals surface area contributed by atoms with Crippen LogP contribution in [0.25, 0.3) is 17.2 Å². The van der Waals surface area contributed by atoms with Crippen molar-refractivity contribution < 1.29 is 9.85 Å². The molecule has 2 aromatic heterocycles. The quantitative estimate of drug-likeness (QED) is 0.457. The predicted molar refractivity (Wildman–Crippen MR) is 95.0 cm³/mol. The first kappa shape index (κ1) is 17.6. The highest BCUT2D eigenvalue weighted by atomic mass is 79.9. The minimum absolute atomic E-state index is 0.0350. The minimum Gasteiger partial charge on any atom is -0.358 e. The molecule has 0 aliphatic carbocycles. The molecule has 0 spiro atoms. The first-order chi connectivity index (χ1) is 12.4. The molecule has 0 unspecified atom stereocenters. The van der Waals surface area contributed by atoms with Gasteiger partial charge in [-0.15, -0.1) is 4.68 Å². The number of halogens is 1. The summed E-state index contributed by atoms with van der Waals surface area (Å²) >= 11 is 3.10. The van der Waals surface area contributed by atoms with Gasteiger partial charge < -0.3 is 10.1 Å². The van der Waals surface area contributed by atoms with E-state index in [2.05, 4.69) is 31.0 Å². The van der Waals surface area contributed by atoms with E-state index < -0.39 is 9.85 Å². The van der Waals surface area contributed by atoms with Crippen molar-refractivity contribution in [3.63, 3.8) is 0 Å². The standard InChI is InChI=1S/C15H11BrN6O4/c1-2-10-7-13(20-8-12(16)15(19-20)22(25)26)18-14(17-10)9-3-5-11(6-4-9)21(23)24/h3-8H,2H2,1H3. The van der Waals surface area contributed by atoms with E-state index in [0.717, 1.165) is 0 Å². The zero-order chi connectivity index (χ0) is 18.8. The summed E-state index contributed by atoms with van der Waals surface area (Å²) in [6.07, 6.45) is 2.06. The third-order valence-corrected chi connectivity index (χ3v) is 4.08. The van der Waals surface area contributed by atoms with Crippen molar-refractivity contribution in [3.8, 4) is 17.2 Å². The highest BCUT2D eigenvalue weighted by Gasteiger charge is 2.21. The van der Waals surface area contributed by atoms with Crippen molar-refractivity contribution in [3.05, 3.63) is 66.9 Å². The Balaban J connectivity index is 2.08. The lowest BCUT2D eigenvalue weighted by Crippen LogP contribution is -2.04. The second kappa shape index (κ2) is 6.96. The summed E-state index contributed by atoms with van der Waals surface area (Å²) in [6.45, 7) is 1.91. The van der Waals surface area contributed by atoms with Crippen LogP contribution >= 0.6 is 15.9 Å². The van der Waals surface area contributed by atoms with E-state index >= 15 is 0 Å². The number of nitro groups is 2. The van der Waals surface area contributed by atoms with Crippen LogP contribution in [0.15, 0.2) is 41.0 Å². The Bertz CT molecular complexity index is 1000. The van der Waals surface area contributed by atoms with Crippen LogP contribution in [0.4, 0.5) is 11.5 Å². The first-order valence-corrected chi connectivity index (χ1v) is 8.21. The Morgan fingerprint density at radius 3 is 2.35 bits per heavy atom. The van der Waals surface area contributed by atoms with Crippen molar-refractivity contribution >= 4 is 27.4 Å². The fourth-order valence-corrected chi connectivity index (χ4v) is 2.65. The monoisotopic (exact) mass is 418 g/mol. The summed E-state index contributed by atoms with van der Waals surface area (Å²) in [7, 11) is 0. The summed E-state index contributed by atoms with van der Waals surface area (Å²) in [4.78, 5) is 29.5. The summed E-state index contributed by atoms with van der Waals surface area (Å²) in [6, 6.07) is 7.52. The van der Waals surface area contributed by atoms with Crippen LogP contribution in [0.3, 0.4) is 0 Å². The van der Waals surface area contributed by atoms with Crippen LogP contribution < -0.4 is 0 Å². The molecule has 10 nitrogen and oxygen atoms in total. The largest absolute Gasteiger partial charge is 0.404 e. The van der Waals surface area contributed by atoms with Crippen molar-refractivity contribution in [1.82, 2.24) is 19.7 Å². The third kappa shape index (κ3) is 3.42. The molecule has 0 aliphatic heterocycles. The van der Waals surface area contributed by atoms with Gasteiger partial charge in [-0.2, -0.15) is 0 Å². The highest BCUT2D eigenvalue weighted by molar-refractivity contribution is 9.10. The van der Waals surface area contributed by atoms with Gasteiger partial charge in [-0.05, 0) is 39.4 Å². The molecule has 0 aliphatic rings. The number of benzene rings is 1. The summed E-state index contributed by atoms with van der Waals surface area (Å²) in [5, 5.41) is 25.7. The fourth-order valence-electron chi connectivity index (χ4n) is 2.23. The Labute approximate surface area is 154 Å². The molecule has 0 bridgehead atoms. The molecule has 0 fully saturated rings. The lowest BCUT2D eigenvalue weighted by atomic mass is 10.2. The van der Waals surface area contributed by atoms with Crippen molar-refractivity contribution in [2.75, 3.05) is 0 Å². The number of rotatable bonds is 5. The second-order valence-corrected chi connectivity index (χ2v) is 6.06. The van der Waals surface area contributed by atoms with Gasteiger partial charge in [-0.25, -0.2) is 9.97 Å². The van der Waals surface area contributed by atoms with Crippen molar-refractivity contribution in [1.29, 1.82) is 0 Å². The summed E-state index contributed by atoms with van der Waals surface area (Å²) in [5.74, 6) is 0.390. The van der Waals surface area contributed by atoms with Gasteiger partial charge in [0.1, 0.15) is 4.47 Å². The molecule has 11 heteroatoms. The molecule has 0 atom stereocenters. The maximum absolute atomic E-state index is 11.0. The number of aromatic nitrogens is 4. The number of hydrogen-bond acceptors (Lipinski definition) is 7. The van der Waals surface area contributed by atoms with Gasteiger partial charge >= 0.3 is 5.82 Å². The predicted octanol–water partition coefficient (Wildman–Crippen LogP) is 3.47. The molecule has 3 rings (SSSR count). The Morgan fingerprint density at radius 2 is 1.81 bits per heavy atom. The lowest BCUT2D eigenvalue weighted by molar-refractivity contribution is -0.390. The van der Waals surface area contributed by atoms with Crippen LogP contribution in [-0.2, 0) is 6.42 Å². The maximum atomic E-state index is 11.0. The maximum Gasteiger partial charge on any atom is 0.404 e. The van der Waals surface area contributed by atoms with E-state index in [0.29, 0.717) is 29.3 Å². The van der Waals surface area contributed by atoms with Crippen molar-refractivity contribution in [2.24, 2.45) is 0 Å². The van der Waals surface area contributed by atoms with Gasteiger partial charge in [0.25, 0.3) is 5.69 Å². The van der Waals surface area contributed by atoms with E-state index in [4.69, 9.17) is 0 Å². The zero-order valence-electron chi connectivity index (χ0n) is 13.4. The molecular weight excluding hydrogens is 408 g/mol. The fraction of sp³-hybridized carbons (Fsp3) is 0.133. The molecule has 1 aromatic carbocycles. The van der Waals surface area contributed by atoms with Crippen LogP contribution in [0.5, 0.6) is 0 Å². The molecule has 132 valence electrons. The summed E-state index contributed by atoms with van der Waals surface area (Å²) < 4.78 is 1.52. The van der Waals surface area contributed by atoms with E-state index in [9.17, 15) is 20.2 Å². The normalized spacial score (nSPS) is 10.7. The molecule has 0 radical (unpaired) electrons. The number of non-ortho nitro benzene ring substituents is 1. The van der Waals surface area contributed by atoms with E-state index in [1.54, 1.807) is 18.2 Å². The summed E-state index contributed by atoms with van der Waals surface area (Å²) in [5.41, 5.74) is 1.26. The van der Waals surface area contributed by atoms with Crippen LogP contribution in [-0.4, -0.2) is 29.6 Å². The van der Waals surface area contributed by atoms with Crippen LogP contribution in [0.2, 0.25) is 0 Å². The molecular formula is C15H11BrN6O4. The molecule has 0 saturated heterocycles. The third-order valence-electron chi connectivity index (χ3n) is 3.52. The molecule has 0 amide bonds. The second-order valence-electron chi connectivity index (χ2n) is 5.20. The zero-order valence-corrected chi connectivity index (χ0v) is 15.0. The SMILES string of the molecule is CCc1cc(-n2cc(Br)c([N+](=O)[O-])n2)nc(-c2ccc([N+](=O)[O-])cc2)n1. The highest BCUT2D eigenvalue weighted by Crippen LogP contribution is 2.25. The van der Waals surface area contributed by atoms with E-state index in [1.165, 1.54) is 23.0 Å². The van der Waals surface area contributed by atoms with Gasteiger partial charge in [-0.1, -0.05) is 6.92 Å². The average Bonchev–Trinajstić information content (AvgIpc) is 3.03. The molecule has 3 aromatic rings. The Kier molecular flexibility index (Phi) is 4.71. The average molecular weight is 419 g/mol.